The molecule has 1 aliphatic rings. The van der Waals surface area contributed by atoms with Crippen LogP contribution < -0.4 is 0 Å². The number of nitrogens with zero attached hydrogens (tertiary/aromatic N) is 2. The number of rotatable bonds is 3. The van der Waals surface area contributed by atoms with E-state index in [1.165, 1.54) is 5.56 Å². The maximum absolute atomic E-state index is 5.21. The largest absolute Gasteiger partial charge is 0.477 e. The highest BCUT2D eigenvalue weighted by atomic mass is 32.1. The predicted octanol–water partition coefficient (Wildman–Crippen LogP) is 1.75. The van der Waals surface area contributed by atoms with Gasteiger partial charge in [0.05, 0.1) is 5.70 Å². The van der Waals surface area contributed by atoms with Crippen molar-refractivity contribution in [3.8, 4) is 0 Å². The van der Waals surface area contributed by atoms with Crippen molar-refractivity contribution in [1.82, 2.24) is 9.88 Å². The number of ether oxygens (including phenoxy) is 1. The highest BCUT2D eigenvalue weighted by Gasteiger charge is 2.13. The minimum Gasteiger partial charge on any atom is -0.477 e. The lowest BCUT2D eigenvalue weighted by Gasteiger charge is -2.18. The predicted molar refractivity (Wildman–Crippen MR) is 62.3 cm³/mol. The molecule has 0 fully saturated rings. The van der Waals surface area contributed by atoms with Gasteiger partial charge < -0.3 is 9.64 Å². The number of likely N-dealkylation sites (N-methyl/N-ethyl adjacent to an activating group) is 1. The molecule has 4 heteroatoms. The highest BCUT2D eigenvalue weighted by Crippen LogP contribution is 2.13. The van der Waals surface area contributed by atoms with Gasteiger partial charge in [0, 0.05) is 32.1 Å². The Labute approximate surface area is 94.4 Å². The first-order valence-corrected chi connectivity index (χ1v) is 5.14. The van der Waals surface area contributed by atoms with Gasteiger partial charge in [-0.1, -0.05) is 6.07 Å². The van der Waals surface area contributed by atoms with Gasteiger partial charge in [0.25, 0.3) is 0 Å². The van der Waals surface area contributed by atoms with Gasteiger partial charge in [-0.2, -0.15) is 0 Å². The van der Waals surface area contributed by atoms with Crippen LogP contribution in [0.2, 0.25) is 0 Å². The van der Waals surface area contributed by atoms with E-state index < -0.39 is 0 Å². The van der Waals surface area contributed by atoms with Crippen LogP contribution in [-0.2, 0) is 11.3 Å². The lowest BCUT2D eigenvalue weighted by molar-refractivity contribution is 0.304. The van der Waals surface area contributed by atoms with Crippen LogP contribution in [0, 0.1) is 0 Å². The molecule has 1 aliphatic heterocycles. The lowest BCUT2D eigenvalue weighted by atomic mass is 10.2. The van der Waals surface area contributed by atoms with E-state index in [0.29, 0.717) is 11.7 Å². The molecule has 0 saturated carbocycles. The molecule has 0 N–H and O–H groups in total. The fourth-order valence-electron chi connectivity index (χ4n) is 1.45. The number of hydrogen-bond donors (Lipinski definition) is 0. The first-order valence-electron chi connectivity index (χ1n) is 4.73. The Hall–Kier alpha value is -1.42. The standard InChI is InChI=1S/C11H12N2OS/c1-13(10-5-11(15)14-8-10)7-9-3-2-4-12-6-9/h2-6H,7-8H2,1H3. The SMILES string of the molecule is CN(Cc1cccnc1)C1=CC(=S)OC1. The van der Waals surface area contributed by atoms with Crippen LogP contribution in [0.25, 0.3) is 0 Å². The molecule has 0 aromatic carbocycles. The average molecular weight is 220 g/mol. The monoisotopic (exact) mass is 220 g/mol. The number of hydrogen-bond acceptors (Lipinski definition) is 4. The second-order valence-electron chi connectivity index (χ2n) is 3.46. The van der Waals surface area contributed by atoms with Crippen molar-refractivity contribution in [2.45, 2.75) is 6.54 Å². The Kier molecular flexibility index (Phi) is 2.97. The smallest absolute Gasteiger partial charge is 0.186 e. The van der Waals surface area contributed by atoms with E-state index in [1.807, 2.05) is 25.4 Å². The molecule has 2 rings (SSSR count). The van der Waals surface area contributed by atoms with Crippen LogP contribution in [0.1, 0.15) is 5.56 Å². The van der Waals surface area contributed by atoms with Crippen molar-refractivity contribution < 1.29 is 4.74 Å². The zero-order valence-electron chi connectivity index (χ0n) is 8.51. The molecule has 0 bridgehead atoms. The molecule has 0 atom stereocenters. The molecule has 3 nitrogen and oxygen atoms in total. The third-order valence-electron chi connectivity index (χ3n) is 2.28. The summed E-state index contributed by atoms with van der Waals surface area (Å²) < 4.78 is 5.21. The van der Waals surface area contributed by atoms with E-state index in [2.05, 4.69) is 16.0 Å². The molecule has 1 aromatic heterocycles. The van der Waals surface area contributed by atoms with Gasteiger partial charge in [-0.3, -0.25) is 4.98 Å². The average Bonchev–Trinajstić information content (AvgIpc) is 2.66. The Morgan fingerprint density at radius 1 is 1.60 bits per heavy atom. The van der Waals surface area contributed by atoms with Crippen molar-refractivity contribution >= 4 is 17.3 Å². The zero-order chi connectivity index (χ0) is 10.7. The van der Waals surface area contributed by atoms with E-state index in [4.69, 9.17) is 17.0 Å². The summed E-state index contributed by atoms with van der Waals surface area (Å²) in [5, 5.41) is 0.572. The molecule has 0 aliphatic carbocycles. The van der Waals surface area contributed by atoms with Gasteiger partial charge in [-0.15, -0.1) is 0 Å². The summed E-state index contributed by atoms with van der Waals surface area (Å²) in [5.41, 5.74) is 2.29. The normalized spacial score (nSPS) is 14.7. The third kappa shape index (κ3) is 2.53. The number of aromatic nitrogens is 1. The molecule has 0 saturated heterocycles. The molecule has 0 spiro atoms. The molecule has 15 heavy (non-hydrogen) atoms. The fraction of sp³-hybridized carbons (Fsp3) is 0.273. The van der Waals surface area contributed by atoms with E-state index in [-0.39, 0.29) is 0 Å². The maximum Gasteiger partial charge on any atom is 0.186 e. The van der Waals surface area contributed by atoms with Crippen LogP contribution in [0.15, 0.2) is 36.3 Å². The minimum absolute atomic E-state index is 0.572. The summed E-state index contributed by atoms with van der Waals surface area (Å²) in [7, 11) is 2.02. The van der Waals surface area contributed by atoms with Crippen molar-refractivity contribution in [1.29, 1.82) is 0 Å². The number of pyridine rings is 1. The molecule has 0 radical (unpaired) electrons. The van der Waals surface area contributed by atoms with Gasteiger partial charge >= 0.3 is 0 Å². The van der Waals surface area contributed by atoms with E-state index in [1.54, 1.807) is 6.20 Å². The fourth-order valence-corrected chi connectivity index (χ4v) is 1.65. The summed E-state index contributed by atoms with van der Waals surface area (Å²) >= 11 is 4.94. The van der Waals surface area contributed by atoms with Gasteiger partial charge in [0.1, 0.15) is 6.61 Å². The van der Waals surface area contributed by atoms with Gasteiger partial charge in [0.15, 0.2) is 5.05 Å². The third-order valence-corrected chi connectivity index (χ3v) is 2.52. The summed E-state index contributed by atoms with van der Waals surface area (Å²) in [5.74, 6) is 0. The Morgan fingerprint density at radius 2 is 2.47 bits per heavy atom. The Morgan fingerprint density at radius 3 is 3.07 bits per heavy atom. The molecule has 2 heterocycles. The van der Waals surface area contributed by atoms with Gasteiger partial charge in [-0.05, 0) is 23.8 Å². The summed E-state index contributed by atoms with van der Waals surface area (Å²) in [6.45, 7) is 1.40. The molecular formula is C11H12N2OS. The van der Waals surface area contributed by atoms with Crippen LogP contribution in [0.5, 0.6) is 0 Å². The Bertz CT molecular complexity index is 389. The first-order chi connectivity index (χ1) is 7.25. The second kappa shape index (κ2) is 4.40. The molecule has 78 valence electrons. The quantitative estimate of drug-likeness (QED) is 0.725. The lowest BCUT2D eigenvalue weighted by Crippen LogP contribution is -2.18. The highest BCUT2D eigenvalue weighted by molar-refractivity contribution is 7.80. The van der Waals surface area contributed by atoms with Crippen LogP contribution in [-0.4, -0.2) is 28.6 Å². The minimum atomic E-state index is 0.572. The van der Waals surface area contributed by atoms with Crippen LogP contribution in [0.3, 0.4) is 0 Å². The molecule has 0 amide bonds. The number of thiocarbonyl (C=S) groups is 1. The van der Waals surface area contributed by atoms with Crippen molar-refractivity contribution in [3.63, 3.8) is 0 Å². The van der Waals surface area contributed by atoms with E-state index >= 15 is 0 Å². The summed E-state index contributed by atoms with van der Waals surface area (Å²) in [4.78, 5) is 6.20. The van der Waals surface area contributed by atoms with E-state index in [0.717, 1.165) is 12.2 Å². The van der Waals surface area contributed by atoms with Crippen LogP contribution >= 0.6 is 12.2 Å². The summed E-state index contributed by atoms with van der Waals surface area (Å²) in [6, 6.07) is 3.99. The second-order valence-corrected chi connectivity index (χ2v) is 3.86. The Balaban J connectivity index is 2.01. The molecule has 0 unspecified atom stereocenters. The maximum atomic E-state index is 5.21. The molecule has 1 aromatic rings. The zero-order valence-corrected chi connectivity index (χ0v) is 9.33. The van der Waals surface area contributed by atoms with Crippen molar-refractivity contribution in [3.05, 3.63) is 41.9 Å². The first kappa shape index (κ1) is 10.1. The summed E-state index contributed by atoms with van der Waals surface area (Å²) in [6.07, 6.45) is 5.54. The topological polar surface area (TPSA) is 25.4 Å². The molecular weight excluding hydrogens is 208 g/mol. The van der Waals surface area contributed by atoms with Gasteiger partial charge in [0.2, 0.25) is 0 Å². The van der Waals surface area contributed by atoms with Crippen molar-refractivity contribution in [2.75, 3.05) is 13.7 Å². The van der Waals surface area contributed by atoms with E-state index in [9.17, 15) is 0 Å². The van der Waals surface area contributed by atoms with Crippen molar-refractivity contribution in [2.24, 2.45) is 0 Å². The van der Waals surface area contributed by atoms with Crippen LogP contribution in [0.4, 0.5) is 0 Å². The van der Waals surface area contributed by atoms with Gasteiger partial charge in [-0.25, -0.2) is 0 Å².